The summed E-state index contributed by atoms with van der Waals surface area (Å²) in [5.74, 6) is -0.00468. The van der Waals surface area contributed by atoms with Crippen LogP contribution >= 0.6 is 0 Å². The van der Waals surface area contributed by atoms with Crippen LogP contribution in [0.15, 0.2) is 18.2 Å². The van der Waals surface area contributed by atoms with Crippen LogP contribution in [0.1, 0.15) is 28.8 Å². The third kappa shape index (κ3) is 3.01. The highest BCUT2D eigenvalue weighted by molar-refractivity contribution is 6.00. The molecule has 1 aromatic carbocycles. The molecular formula is C14H20N2O2. The quantitative estimate of drug-likeness (QED) is 0.859. The summed E-state index contributed by atoms with van der Waals surface area (Å²) < 4.78 is 5.29. The Morgan fingerprint density at radius 2 is 2.06 bits per heavy atom. The van der Waals surface area contributed by atoms with Crippen LogP contribution in [0.2, 0.25) is 0 Å². The molecule has 1 aromatic rings. The minimum Gasteiger partial charge on any atom is -0.387 e. The molecule has 1 aliphatic rings. The lowest BCUT2D eigenvalue weighted by Gasteiger charge is -2.23. The Labute approximate surface area is 108 Å². The van der Waals surface area contributed by atoms with Crippen LogP contribution in [-0.2, 0) is 4.74 Å². The van der Waals surface area contributed by atoms with Gasteiger partial charge in [0.15, 0.2) is 0 Å². The van der Waals surface area contributed by atoms with Crippen LogP contribution in [-0.4, -0.2) is 32.2 Å². The van der Waals surface area contributed by atoms with Crippen LogP contribution in [0.3, 0.4) is 0 Å². The third-order valence-electron chi connectivity index (χ3n) is 3.25. The molecule has 1 saturated heterocycles. The van der Waals surface area contributed by atoms with Crippen molar-refractivity contribution in [3.63, 3.8) is 0 Å². The number of rotatable bonds is 3. The fourth-order valence-corrected chi connectivity index (χ4v) is 2.17. The Morgan fingerprint density at radius 1 is 1.33 bits per heavy atom. The molecule has 0 atom stereocenters. The summed E-state index contributed by atoms with van der Waals surface area (Å²) in [7, 11) is 1.83. The molecule has 1 aliphatic heterocycles. The normalized spacial score (nSPS) is 16.3. The van der Waals surface area contributed by atoms with E-state index in [4.69, 9.17) is 4.74 Å². The summed E-state index contributed by atoms with van der Waals surface area (Å²) in [6, 6.07) is 6.09. The molecule has 0 aromatic heterocycles. The minimum atomic E-state index is -0.00468. The smallest absolute Gasteiger partial charge is 0.253 e. The van der Waals surface area contributed by atoms with E-state index in [1.165, 1.54) is 0 Å². The Hall–Kier alpha value is -1.55. The SMILES string of the molecule is CNc1ccc(C)cc1C(=O)NC1CCOCC1. The molecule has 1 fully saturated rings. The monoisotopic (exact) mass is 248 g/mol. The van der Waals surface area contributed by atoms with Crippen LogP contribution in [0.25, 0.3) is 0 Å². The maximum Gasteiger partial charge on any atom is 0.253 e. The molecule has 0 unspecified atom stereocenters. The second kappa shape index (κ2) is 5.87. The van der Waals surface area contributed by atoms with Crippen molar-refractivity contribution in [3.8, 4) is 0 Å². The van der Waals surface area contributed by atoms with Gasteiger partial charge in [-0.3, -0.25) is 4.79 Å². The molecule has 4 heteroatoms. The first-order chi connectivity index (χ1) is 8.70. The Balaban J connectivity index is 2.09. The summed E-state index contributed by atoms with van der Waals surface area (Å²) in [6.45, 7) is 3.46. The maximum absolute atomic E-state index is 12.3. The van der Waals surface area contributed by atoms with Crippen LogP contribution in [0.4, 0.5) is 5.69 Å². The van der Waals surface area contributed by atoms with Crippen molar-refractivity contribution in [2.24, 2.45) is 0 Å². The molecule has 0 spiro atoms. The van der Waals surface area contributed by atoms with Gasteiger partial charge in [0.1, 0.15) is 0 Å². The van der Waals surface area contributed by atoms with E-state index in [0.717, 1.165) is 37.3 Å². The van der Waals surface area contributed by atoms with Gasteiger partial charge in [0.25, 0.3) is 5.91 Å². The topological polar surface area (TPSA) is 50.4 Å². The van der Waals surface area contributed by atoms with E-state index in [1.807, 2.05) is 32.2 Å². The van der Waals surface area contributed by atoms with Gasteiger partial charge in [0, 0.05) is 32.0 Å². The zero-order chi connectivity index (χ0) is 13.0. The van der Waals surface area contributed by atoms with Gasteiger partial charge in [-0.05, 0) is 31.9 Å². The largest absolute Gasteiger partial charge is 0.387 e. The summed E-state index contributed by atoms with van der Waals surface area (Å²) in [5.41, 5.74) is 2.67. The van der Waals surface area contributed by atoms with Gasteiger partial charge in [0.05, 0.1) is 5.56 Å². The zero-order valence-electron chi connectivity index (χ0n) is 11.0. The molecule has 4 nitrogen and oxygen atoms in total. The second-order valence-corrected chi connectivity index (χ2v) is 4.66. The molecule has 0 saturated carbocycles. The number of carbonyl (C=O) groups excluding carboxylic acids is 1. The molecule has 0 radical (unpaired) electrons. The fraction of sp³-hybridized carbons (Fsp3) is 0.500. The molecule has 98 valence electrons. The molecule has 0 bridgehead atoms. The molecular weight excluding hydrogens is 228 g/mol. The third-order valence-corrected chi connectivity index (χ3v) is 3.25. The highest BCUT2D eigenvalue weighted by atomic mass is 16.5. The second-order valence-electron chi connectivity index (χ2n) is 4.66. The van der Waals surface area contributed by atoms with Gasteiger partial charge in [0.2, 0.25) is 0 Å². The molecule has 2 rings (SSSR count). The first kappa shape index (κ1) is 12.9. The minimum absolute atomic E-state index is 0.00468. The number of hydrogen-bond acceptors (Lipinski definition) is 3. The van der Waals surface area contributed by atoms with Crippen molar-refractivity contribution < 1.29 is 9.53 Å². The average molecular weight is 248 g/mol. The molecule has 2 N–H and O–H groups in total. The van der Waals surface area contributed by atoms with Gasteiger partial charge in [-0.1, -0.05) is 11.6 Å². The van der Waals surface area contributed by atoms with E-state index >= 15 is 0 Å². The lowest BCUT2D eigenvalue weighted by molar-refractivity contribution is 0.0697. The van der Waals surface area contributed by atoms with Crippen molar-refractivity contribution >= 4 is 11.6 Å². The van der Waals surface area contributed by atoms with Crippen molar-refractivity contribution in [2.75, 3.05) is 25.6 Å². The summed E-state index contributed by atoms with van der Waals surface area (Å²) in [5, 5.41) is 6.13. The van der Waals surface area contributed by atoms with Crippen molar-refractivity contribution in [1.82, 2.24) is 5.32 Å². The van der Waals surface area contributed by atoms with E-state index in [2.05, 4.69) is 10.6 Å². The maximum atomic E-state index is 12.3. The Bertz CT molecular complexity index is 426. The highest BCUT2D eigenvalue weighted by Gasteiger charge is 2.18. The number of nitrogens with one attached hydrogen (secondary N) is 2. The van der Waals surface area contributed by atoms with Gasteiger partial charge in [-0.25, -0.2) is 0 Å². The molecule has 0 aliphatic carbocycles. The lowest BCUT2D eigenvalue weighted by atomic mass is 10.1. The zero-order valence-corrected chi connectivity index (χ0v) is 11.0. The first-order valence-electron chi connectivity index (χ1n) is 6.37. The van der Waals surface area contributed by atoms with Gasteiger partial charge >= 0.3 is 0 Å². The highest BCUT2D eigenvalue weighted by Crippen LogP contribution is 2.17. The molecule has 18 heavy (non-hydrogen) atoms. The van der Waals surface area contributed by atoms with Gasteiger partial charge < -0.3 is 15.4 Å². The number of anilines is 1. The first-order valence-corrected chi connectivity index (χ1v) is 6.37. The Morgan fingerprint density at radius 3 is 2.72 bits per heavy atom. The van der Waals surface area contributed by atoms with Crippen molar-refractivity contribution in [2.45, 2.75) is 25.8 Å². The van der Waals surface area contributed by atoms with E-state index in [9.17, 15) is 4.79 Å². The number of benzene rings is 1. The number of ether oxygens (including phenoxy) is 1. The predicted octanol–water partition coefficient (Wildman–Crippen LogP) is 1.95. The van der Waals surface area contributed by atoms with Gasteiger partial charge in [-0.2, -0.15) is 0 Å². The summed E-state index contributed by atoms with van der Waals surface area (Å²) in [4.78, 5) is 12.3. The van der Waals surface area contributed by atoms with Crippen LogP contribution in [0.5, 0.6) is 0 Å². The lowest BCUT2D eigenvalue weighted by Crippen LogP contribution is -2.39. The number of amides is 1. The number of aryl methyl sites for hydroxylation is 1. The average Bonchev–Trinajstić information content (AvgIpc) is 2.40. The molecule has 1 amide bonds. The Kier molecular flexibility index (Phi) is 4.20. The number of carbonyl (C=O) groups is 1. The summed E-state index contributed by atoms with van der Waals surface area (Å²) in [6.07, 6.45) is 1.79. The van der Waals surface area contributed by atoms with E-state index in [0.29, 0.717) is 5.56 Å². The van der Waals surface area contributed by atoms with Crippen molar-refractivity contribution in [1.29, 1.82) is 0 Å². The standard InChI is InChI=1S/C14H20N2O2/c1-10-3-4-13(15-2)12(9-10)14(17)16-11-5-7-18-8-6-11/h3-4,9,11,15H,5-8H2,1-2H3,(H,16,17). The van der Waals surface area contributed by atoms with Crippen LogP contribution < -0.4 is 10.6 Å². The van der Waals surface area contributed by atoms with E-state index in [-0.39, 0.29) is 11.9 Å². The van der Waals surface area contributed by atoms with E-state index in [1.54, 1.807) is 0 Å². The van der Waals surface area contributed by atoms with Crippen molar-refractivity contribution in [3.05, 3.63) is 29.3 Å². The van der Waals surface area contributed by atoms with Crippen LogP contribution in [0, 0.1) is 6.92 Å². The fourth-order valence-electron chi connectivity index (χ4n) is 2.17. The van der Waals surface area contributed by atoms with E-state index < -0.39 is 0 Å². The predicted molar refractivity (Wildman–Crippen MR) is 72.0 cm³/mol. The van der Waals surface area contributed by atoms with Gasteiger partial charge in [-0.15, -0.1) is 0 Å². The molecule has 1 heterocycles. The number of hydrogen-bond donors (Lipinski definition) is 2. The summed E-state index contributed by atoms with van der Waals surface area (Å²) >= 11 is 0.